The number of unbranched alkanes of at least 4 members (excludes halogenated alkanes) is 1. The van der Waals surface area contributed by atoms with Crippen molar-refractivity contribution in [2.24, 2.45) is 0 Å². The molecule has 160 valence electrons. The van der Waals surface area contributed by atoms with Crippen LogP contribution in [-0.4, -0.2) is 32.1 Å². The molecular formula is C21H20FN5O3S. The van der Waals surface area contributed by atoms with Gasteiger partial charge in [0.05, 0.1) is 16.6 Å². The third-order valence-electron chi connectivity index (χ3n) is 4.81. The molecule has 3 heterocycles. The molecule has 0 radical (unpaired) electrons. The lowest BCUT2D eigenvalue weighted by atomic mass is 10.2. The van der Waals surface area contributed by atoms with Gasteiger partial charge in [-0.05, 0) is 43.2 Å². The van der Waals surface area contributed by atoms with Crippen molar-refractivity contribution in [3.05, 3.63) is 52.3 Å². The number of carbonyl (C=O) groups excluding carboxylic acids is 1. The standard InChI is InChI=1S/C21H20FN5O3S/c1-3-4-9-23-15(28)10-27-11-24-20-16(21(27)29)12(2)17(31-20)19-25-18(26-30-19)13-5-7-14(22)8-6-13/h5-8,11H,3-4,9-10H2,1-2H3,(H,23,28). The van der Waals surface area contributed by atoms with Crippen LogP contribution >= 0.6 is 11.3 Å². The van der Waals surface area contributed by atoms with Crippen molar-refractivity contribution in [2.75, 3.05) is 6.54 Å². The second-order valence-corrected chi connectivity index (χ2v) is 8.05. The van der Waals surface area contributed by atoms with Crippen LogP contribution in [-0.2, 0) is 11.3 Å². The number of benzene rings is 1. The fourth-order valence-electron chi connectivity index (χ4n) is 3.12. The SMILES string of the molecule is CCCCNC(=O)Cn1cnc2sc(-c3nc(-c4ccc(F)cc4)no3)c(C)c2c1=O. The Morgan fingerprint density at radius 2 is 2.06 bits per heavy atom. The molecule has 0 bridgehead atoms. The van der Waals surface area contributed by atoms with E-state index in [1.54, 1.807) is 19.1 Å². The van der Waals surface area contributed by atoms with Crippen LogP contribution in [0.25, 0.3) is 32.4 Å². The van der Waals surface area contributed by atoms with Gasteiger partial charge in [0, 0.05) is 12.1 Å². The number of aromatic nitrogens is 4. The Hall–Kier alpha value is -3.40. The molecule has 1 aromatic carbocycles. The molecule has 0 saturated carbocycles. The summed E-state index contributed by atoms with van der Waals surface area (Å²) in [5, 5.41) is 7.18. The Kier molecular flexibility index (Phi) is 5.90. The van der Waals surface area contributed by atoms with E-state index in [4.69, 9.17) is 4.52 Å². The summed E-state index contributed by atoms with van der Waals surface area (Å²) in [5.41, 5.74) is 0.978. The highest BCUT2D eigenvalue weighted by atomic mass is 32.1. The van der Waals surface area contributed by atoms with Crippen molar-refractivity contribution in [2.45, 2.75) is 33.2 Å². The number of hydrogen-bond donors (Lipinski definition) is 1. The maximum absolute atomic E-state index is 13.1. The molecule has 0 aliphatic heterocycles. The molecule has 1 N–H and O–H groups in total. The fourth-order valence-corrected chi connectivity index (χ4v) is 4.18. The van der Waals surface area contributed by atoms with Crippen molar-refractivity contribution in [3.8, 4) is 22.2 Å². The maximum Gasteiger partial charge on any atom is 0.268 e. The minimum absolute atomic E-state index is 0.0919. The quantitative estimate of drug-likeness (QED) is 0.440. The number of rotatable bonds is 7. The normalized spacial score (nSPS) is 11.2. The van der Waals surface area contributed by atoms with E-state index in [1.807, 2.05) is 6.92 Å². The van der Waals surface area contributed by atoms with E-state index in [0.29, 0.717) is 38.6 Å². The summed E-state index contributed by atoms with van der Waals surface area (Å²) in [6.45, 7) is 4.31. The first kappa shape index (κ1) is 20.9. The van der Waals surface area contributed by atoms with E-state index in [-0.39, 0.29) is 29.7 Å². The van der Waals surface area contributed by atoms with Gasteiger partial charge in [-0.2, -0.15) is 4.98 Å². The van der Waals surface area contributed by atoms with E-state index in [2.05, 4.69) is 20.4 Å². The Bertz CT molecular complexity index is 1290. The number of carbonyl (C=O) groups is 1. The highest BCUT2D eigenvalue weighted by molar-refractivity contribution is 7.22. The largest absolute Gasteiger partial charge is 0.355 e. The zero-order chi connectivity index (χ0) is 22.0. The molecule has 4 rings (SSSR count). The van der Waals surface area contributed by atoms with Crippen molar-refractivity contribution in [3.63, 3.8) is 0 Å². The number of amides is 1. The van der Waals surface area contributed by atoms with Gasteiger partial charge in [-0.1, -0.05) is 18.5 Å². The van der Waals surface area contributed by atoms with Gasteiger partial charge in [-0.15, -0.1) is 11.3 Å². The van der Waals surface area contributed by atoms with E-state index in [0.717, 1.165) is 12.8 Å². The van der Waals surface area contributed by atoms with E-state index in [9.17, 15) is 14.0 Å². The van der Waals surface area contributed by atoms with Crippen LogP contribution in [0.4, 0.5) is 4.39 Å². The van der Waals surface area contributed by atoms with Crippen LogP contribution in [0.5, 0.6) is 0 Å². The molecule has 4 aromatic rings. The van der Waals surface area contributed by atoms with Gasteiger partial charge >= 0.3 is 0 Å². The van der Waals surface area contributed by atoms with Gasteiger partial charge in [-0.3, -0.25) is 14.2 Å². The number of nitrogens with zero attached hydrogens (tertiary/aromatic N) is 4. The van der Waals surface area contributed by atoms with Crippen LogP contribution in [0.3, 0.4) is 0 Å². The molecule has 10 heteroatoms. The average Bonchev–Trinajstić information content (AvgIpc) is 3.36. The lowest BCUT2D eigenvalue weighted by Gasteiger charge is -2.06. The highest BCUT2D eigenvalue weighted by Crippen LogP contribution is 2.35. The Morgan fingerprint density at radius 1 is 1.29 bits per heavy atom. The Morgan fingerprint density at radius 3 is 2.81 bits per heavy atom. The van der Waals surface area contributed by atoms with Gasteiger partial charge in [0.2, 0.25) is 11.7 Å². The molecule has 31 heavy (non-hydrogen) atoms. The van der Waals surface area contributed by atoms with Crippen molar-refractivity contribution in [1.82, 2.24) is 25.0 Å². The molecule has 1 amide bonds. The molecule has 0 aliphatic carbocycles. The first-order chi connectivity index (χ1) is 15.0. The summed E-state index contributed by atoms with van der Waals surface area (Å²) in [4.78, 5) is 34.9. The number of thiophene rings is 1. The number of nitrogens with one attached hydrogen (secondary N) is 1. The van der Waals surface area contributed by atoms with Crippen molar-refractivity contribution < 1.29 is 13.7 Å². The van der Waals surface area contributed by atoms with Crippen LogP contribution in [0, 0.1) is 12.7 Å². The van der Waals surface area contributed by atoms with Crippen molar-refractivity contribution >= 4 is 27.5 Å². The zero-order valence-electron chi connectivity index (χ0n) is 17.0. The Labute approximate surface area is 180 Å². The topological polar surface area (TPSA) is 103 Å². The van der Waals surface area contributed by atoms with E-state index in [1.165, 1.54) is 34.4 Å². The predicted octanol–water partition coefficient (Wildman–Crippen LogP) is 3.54. The highest BCUT2D eigenvalue weighted by Gasteiger charge is 2.21. The maximum atomic E-state index is 13.1. The second-order valence-electron chi connectivity index (χ2n) is 7.05. The fraction of sp³-hybridized carbons (Fsp3) is 0.286. The minimum atomic E-state index is -0.353. The Balaban J connectivity index is 1.64. The summed E-state index contributed by atoms with van der Waals surface area (Å²) in [6.07, 6.45) is 3.24. The minimum Gasteiger partial charge on any atom is -0.355 e. The lowest BCUT2D eigenvalue weighted by Crippen LogP contribution is -2.32. The van der Waals surface area contributed by atoms with Crippen molar-refractivity contribution in [1.29, 1.82) is 0 Å². The van der Waals surface area contributed by atoms with Gasteiger partial charge in [0.15, 0.2) is 0 Å². The molecule has 0 fully saturated rings. The molecule has 0 aliphatic rings. The number of halogens is 1. The number of aryl methyl sites for hydroxylation is 1. The summed E-state index contributed by atoms with van der Waals surface area (Å²) in [6, 6.07) is 5.77. The zero-order valence-corrected chi connectivity index (χ0v) is 17.8. The second kappa shape index (κ2) is 8.76. The predicted molar refractivity (Wildman–Crippen MR) is 115 cm³/mol. The molecule has 8 nitrogen and oxygen atoms in total. The summed E-state index contributed by atoms with van der Waals surface area (Å²) < 4.78 is 19.8. The van der Waals surface area contributed by atoms with Gasteiger partial charge in [0.1, 0.15) is 17.2 Å². The van der Waals surface area contributed by atoms with Gasteiger partial charge in [-0.25, -0.2) is 9.37 Å². The first-order valence-corrected chi connectivity index (χ1v) is 10.6. The molecule has 3 aromatic heterocycles. The molecule has 0 atom stereocenters. The number of hydrogen-bond acceptors (Lipinski definition) is 7. The van der Waals surface area contributed by atoms with Crippen LogP contribution in [0.15, 0.2) is 39.9 Å². The smallest absolute Gasteiger partial charge is 0.268 e. The monoisotopic (exact) mass is 441 g/mol. The number of fused-ring (bicyclic) bond motifs is 1. The molecule has 0 unspecified atom stereocenters. The lowest BCUT2D eigenvalue weighted by molar-refractivity contribution is -0.121. The summed E-state index contributed by atoms with van der Waals surface area (Å²) in [5.74, 6) is -0.0103. The third-order valence-corrected chi connectivity index (χ3v) is 5.99. The van der Waals surface area contributed by atoms with Crippen LogP contribution < -0.4 is 10.9 Å². The first-order valence-electron chi connectivity index (χ1n) is 9.83. The molecular weight excluding hydrogens is 421 g/mol. The molecule has 0 saturated heterocycles. The average molecular weight is 441 g/mol. The summed E-state index contributed by atoms with van der Waals surface area (Å²) in [7, 11) is 0. The van der Waals surface area contributed by atoms with Gasteiger partial charge < -0.3 is 9.84 Å². The van der Waals surface area contributed by atoms with Crippen LogP contribution in [0.1, 0.15) is 25.3 Å². The van der Waals surface area contributed by atoms with E-state index >= 15 is 0 Å². The summed E-state index contributed by atoms with van der Waals surface area (Å²) >= 11 is 1.27. The van der Waals surface area contributed by atoms with E-state index < -0.39 is 0 Å². The van der Waals surface area contributed by atoms with Crippen LogP contribution in [0.2, 0.25) is 0 Å². The third kappa shape index (κ3) is 4.24. The van der Waals surface area contributed by atoms with Gasteiger partial charge in [0.25, 0.3) is 11.4 Å². The molecule has 0 spiro atoms.